The molecule has 1 saturated heterocycles. The maximum atomic E-state index is 12.8. The van der Waals surface area contributed by atoms with Crippen molar-refractivity contribution in [1.29, 1.82) is 0 Å². The number of alkyl halides is 2. The van der Waals surface area contributed by atoms with Crippen LogP contribution in [0.1, 0.15) is 11.4 Å². The van der Waals surface area contributed by atoms with Crippen LogP contribution in [0.25, 0.3) is 22.2 Å². The first-order valence-corrected chi connectivity index (χ1v) is 10.7. The first kappa shape index (κ1) is 21.3. The van der Waals surface area contributed by atoms with Crippen LogP contribution in [0, 0.1) is 12.8 Å². The molecular weight excluding hydrogens is 428 g/mol. The van der Waals surface area contributed by atoms with Crippen LogP contribution in [0.2, 0.25) is 0 Å². The monoisotopic (exact) mass is 451 g/mol. The lowest BCUT2D eigenvalue weighted by molar-refractivity contribution is -0.0504. The zero-order valence-corrected chi connectivity index (χ0v) is 18.0. The predicted octanol–water partition coefficient (Wildman–Crippen LogP) is 3.88. The number of fused-ring (bicyclic) bond motifs is 1. The highest BCUT2D eigenvalue weighted by atomic mass is 19.3. The summed E-state index contributed by atoms with van der Waals surface area (Å²) in [7, 11) is 0. The zero-order valence-electron chi connectivity index (χ0n) is 18.0. The molecule has 0 amide bonds. The fourth-order valence-corrected chi connectivity index (χ4v) is 4.12. The summed E-state index contributed by atoms with van der Waals surface area (Å²) in [6, 6.07) is 12.7. The van der Waals surface area contributed by atoms with Gasteiger partial charge in [0.2, 0.25) is 5.95 Å². The van der Waals surface area contributed by atoms with E-state index in [9.17, 15) is 13.9 Å². The number of halogens is 2. The number of benzene rings is 2. The van der Waals surface area contributed by atoms with Gasteiger partial charge in [-0.2, -0.15) is 8.78 Å². The number of aryl methyl sites for hydroxylation is 1. The van der Waals surface area contributed by atoms with E-state index < -0.39 is 6.61 Å². The molecule has 7 nitrogen and oxygen atoms in total. The molecule has 0 radical (unpaired) electrons. The van der Waals surface area contributed by atoms with E-state index in [2.05, 4.69) is 15.0 Å². The Labute approximate surface area is 189 Å². The highest BCUT2D eigenvalue weighted by Crippen LogP contribution is 2.28. The van der Waals surface area contributed by atoms with Crippen LogP contribution in [0.15, 0.2) is 54.9 Å². The summed E-state index contributed by atoms with van der Waals surface area (Å²) in [5.41, 5.74) is 4.15. The second-order valence-corrected chi connectivity index (χ2v) is 8.16. The van der Waals surface area contributed by atoms with Gasteiger partial charge in [-0.15, -0.1) is 0 Å². The number of aromatic nitrogens is 4. The summed E-state index contributed by atoms with van der Waals surface area (Å²) in [5.74, 6) is 1.87. The molecule has 2 aromatic heterocycles. The molecule has 0 aliphatic carbocycles. The topological polar surface area (TPSA) is 76.3 Å². The van der Waals surface area contributed by atoms with E-state index in [-0.39, 0.29) is 18.3 Å². The number of para-hydroxylation sites is 1. The van der Waals surface area contributed by atoms with Gasteiger partial charge in [0.15, 0.2) is 0 Å². The average Bonchev–Trinajstić information content (AvgIpc) is 3.09. The molecule has 1 N–H and O–H groups in total. The van der Waals surface area contributed by atoms with Crippen LogP contribution in [0.5, 0.6) is 5.75 Å². The number of ether oxygens (including phenoxy) is 1. The van der Waals surface area contributed by atoms with E-state index in [1.807, 2.05) is 34.6 Å². The molecule has 4 aromatic rings. The normalized spacial score (nSPS) is 14.2. The molecule has 0 bridgehead atoms. The van der Waals surface area contributed by atoms with Gasteiger partial charge in [0, 0.05) is 49.1 Å². The molecule has 0 atom stereocenters. The SMILES string of the molecule is Cc1nc2ccc(-c3cnc(N4CC(CO)C4)nc3)cc2n1Cc1ccccc1OC(F)F. The molecule has 2 aromatic carbocycles. The Bertz CT molecular complexity index is 1270. The lowest BCUT2D eigenvalue weighted by Gasteiger charge is -2.38. The standard InChI is InChI=1S/C24H23F2N5O2/c1-15-29-20-7-6-17(19-9-27-24(28-10-19)30-11-16(12-30)14-32)8-21(20)31(15)13-18-4-2-3-5-22(18)33-23(25)26/h2-10,16,23,32H,11-14H2,1H3. The van der Waals surface area contributed by atoms with E-state index in [1.54, 1.807) is 36.7 Å². The van der Waals surface area contributed by atoms with Gasteiger partial charge in [0.25, 0.3) is 0 Å². The molecule has 1 aliphatic heterocycles. The lowest BCUT2D eigenvalue weighted by atomic mass is 10.0. The molecule has 3 heterocycles. The Morgan fingerprint density at radius 3 is 2.58 bits per heavy atom. The van der Waals surface area contributed by atoms with Crippen molar-refractivity contribution in [2.75, 3.05) is 24.6 Å². The fourth-order valence-electron chi connectivity index (χ4n) is 4.12. The van der Waals surface area contributed by atoms with Gasteiger partial charge in [-0.25, -0.2) is 15.0 Å². The van der Waals surface area contributed by atoms with Crippen molar-refractivity contribution in [2.45, 2.75) is 20.1 Å². The van der Waals surface area contributed by atoms with Crippen LogP contribution >= 0.6 is 0 Å². The summed E-state index contributed by atoms with van der Waals surface area (Å²) in [6.45, 7) is 1.06. The highest BCUT2D eigenvalue weighted by Gasteiger charge is 2.27. The van der Waals surface area contributed by atoms with Crippen molar-refractivity contribution in [1.82, 2.24) is 19.5 Å². The van der Waals surface area contributed by atoms with E-state index in [0.29, 0.717) is 18.1 Å². The maximum absolute atomic E-state index is 12.8. The Morgan fingerprint density at radius 2 is 1.85 bits per heavy atom. The number of rotatable bonds is 7. The first-order chi connectivity index (χ1) is 16.0. The van der Waals surface area contributed by atoms with Crippen LogP contribution in [0.4, 0.5) is 14.7 Å². The van der Waals surface area contributed by atoms with Gasteiger partial charge in [-0.3, -0.25) is 0 Å². The molecule has 0 saturated carbocycles. The van der Waals surface area contributed by atoms with E-state index in [1.165, 1.54) is 0 Å². The van der Waals surface area contributed by atoms with Gasteiger partial charge in [-0.05, 0) is 30.7 Å². The second-order valence-electron chi connectivity index (χ2n) is 8.16. The number of aliphatic hydroxyl groups excluding tert-OH is 1. The number of hydrogen-bond donors (Lipinski definition) is 1. The van der Waals surface area contributed by atoms with Gasteiger partial charge in [0.05, 0.1) is 17.6 Å². The van der Waals surface area contributed by atoms with Gasteiger partial charge >= 0.3 is 6.61 Å². The molecular formula is C24H23F2N5O2. The lowest BCUT2D eigenvalue weighted by Crippen LogP contribution is -2.49. The van der Waals surface area contributed by atoms with Crippen molar-refractivity contribution in [2.24, 2.45) is 5.92 Å². The van der Waals surface area contributed by atoms with Crippen LogP contribution in [-0.2, 0) is 6.54 Å². The summed E-state index contributed by atoms with van der Waals surface area (Å²) in [5, 5.41) is 9.19. The highest BCUT2D eigenvalue weighted by molar-refractivity contribution is 5.82. The number of nitrogens with zero attached hydrogens (tertiary/aromatic N) is 5. The molecule has 9 heteroatoms. The largest absolute Gasteiger partial charge is 0.434 e. The minimum atomic E-state index is -2.88. The molecule has 33 heavy (non-hydrogen) atoms. The molecule has 0 unspecified atom stereocenters. The van der Waals surface area contributed by atoms with Crippen molar-refractivity contribution in [3.63, 3.8) is 0 Å². The van der Waals surface area contributed by atoms with E-state index in [0.717, 1.165) is 41.1 Å². The van der Waals surface area contributed by atoms with Gasteiger partial charge in [0.1, 0.15) is 11.6 Å². The van der Waals surface area contributed by atoms with Crippen molar-refractivity contribution < 1.29 is 18.6 Å². The summed E-state index contributed by atoms with van der Waals surface area (Å²) < 4.78 is 32.3. The number of anilines is 1. The number of aliphatic hydroxyl groups is 1. The summed E-state index contributed by atoms with van der Waals surface area (Å²) in [4.78, 5) is 15.6. The van der Waals surface area contributed by atoms with E-state index in [4.69, 9.17) is 4.74 Å². The van der Waals surface area contributed by atoms with Crippen molar-refractivity contribution in [3.05, 3.63) is 66.2 Å². The van der Waals surface area contributed by atoms with Crippen LogP contribution in [-0.4, -0.2) is 50.9 Å². The zero-order chi connectivity index (χ0) is 22.9. The molecule has 0 spiro atoms. The van der Waals surface area contributed by atoms with Crippen LogP contribution < -0.4 is 9.64 Å². The molecule has 1 aliphatic rings. The smallest absolute Gasteiger partial charge is 0.387 e. The number of hydrogen-bond acceptors (Lipinski definition) is 6. The predicted molar refractivity (Wildman–Crippen MR) is 120 cm³/mol. The third-order valence-electron chi connectivity index (χ3n) is 5.93. The van der Waals surface area contributed by atoms with Gasteiger partial charge < -0.3 is 19.3 Å². The quantitative estimate of drug-likeness (QED) is 0.460. The van der Waals surface area contributed by atoms with E-state index >= 15 is 0 Å². The average molecular weight is 451 g/mol. The molecule has 5 rings (SSSR count). The second kappa shape index (κ2) is 8.74. The third kappa shape index (κ3) is 4.23. The molecule has 170 valence electrons. The first-order valence-electron chi connectivity index (χ1n) is 10.7. The van der Waals surface area contributed by atoms with Crippen molar-refractivity contribution >= 4 is 17.0 Å². The van der Waals surface area contributed by atoms with Crippen LogP contribution in [0.3, 0.4) is 0 Å². The fraction of sp³-hybridized carbons (Fsp3) is 0.292. The minimum Gasteiger partial charge on any atom is -0.434 e. The third-order valence-corrected chi connectivity index (χ3v) is 5.93. The van der Waals surface area contributed by atoms with Gasteiger partial charge in [-0.1, -0.05) is 24.3 Å². The summed E-state index contributed by atoms with van der Waals surface area (Å²) in [6.07, 6.45) is 3.57. The molecule has 1 fully saturated rings. The Hall–Kier alpha value is -3.59. The Balaban J connectivity index is 1.44. The van der Waals surface area contributed by atoms with Crippen molar-refractivity contribution in [3.8, 4) is 16.9 Å². The summed E-state index contributed by atoms with van der Waals surface area (Å²) >= 11 is 0. The maximum Gasteiger partial charge on any atom is 0.387 e. The Morgan fingerprint density at radius 1 is 1.09 bits per heavy atom. The Kier molecular flexibility index (Phi) is 5.63. The minimum absolute atomic E-state index is 0.156. The number of imidazole rings is 1.